The van der Waals surface area contributed by atoms with Crippen LogP contribution in [0.3, 0.4) is 0 Å². The molecule has 0 saturated carbocycles. The minimum absolute atomic E-state index is 0.0104. The van der Waals surface area contributed by atoms with Gasteiger partial charge in [-0.25, -0.2) is 4.98 Å². The van der Waals surface area contributed by atoms with Gasteiger partial charge in [0, 0.05) is 18.0 Å². The molecule has 0 aliphatic rings. The third-order valence-corrected chi connectivity index (χ3v) is 4.62. The minimum atomic E-state index is -4.68. The first-order valence-corrected chi connectivity index (χ1v) is 8.81. The topological polar surface area (TPSA) is 89.5 Å². The zero-order valence-corrected chi connectivity index (χ0v) is 16.1. The van der Waals surface area contributed by atoms with Crippen LogP contribution in [0.1, 0.15) is 28.7 Å². The molecule has 3 rings (SSSR count). The smallest absolute Gasteiger partial charge is 0.320 e. The number of amides is 1. The van der Waals surface area contributed by atoms with Gasteiger partial charge in [-0.2, -0.15) is 13.2 Å². The van der Waals surface area contributed by atoms with E-state index in [9.17, 15) is 28.1 Å². The summed E-state index contributed by atoms with van der Waals surface area (Å²) in [6.45, 7) is 1.67. The third kappa shape index (κ3) is 3.99. The largest absolute Gasteiger partial charge is 0.417 e. The Balaban J connectivity index is 2.11. The molecule has 0 aliphatic heterocycles. The van der Waals surface area contributed by atoms with Gasteiger partial charge in [0.05, 0.1) is 21.2 Å². The van der Waals surface area contributed by atoms with Crippen molar-refractivity contribution in [2.24, 2.45) is 0 Å². The molecule has 0 fully saturated rings. The van der Waals surface area contributed by atoms with Gasteiger partial charge in [-0.1, -0.05) is 30.1 Å². The standard InChI is InChI=1S/C17H11Cl2F3N4O3/c1-2-12-14(16(27)23-9-3-4-10(18)13(6-9)26(28)29)25-7-8(17(20,21)22)5-11(19)15(25)24-12/h3-7H,2H2,1H3,(H,23,27). The van der Waals surface area contributed by atoms with Crippen LogP contribution in [0.25, 0.3) is 5.65 Å². The second-order valence-corrected chi connectivity index (χ2v) is 6.72. The Labute approximate surface area is 171 Å². The maximum Gasteiger partial charge on any atom is 0.417 e. The fourth-order valence-corrected chi connectivity index (χ4v) is 3.15. The number of fused-ring (bicyclic) bond motifs is 1. The molecule has 152 valence electrons. The number of anilines is 1. The van der Waals surface area contributed by atoms with Gasteiger partial charge in [0.2, 0.25) is 0 Å². The number of pyridine rings is 1. The van der Waals surface area contributed by atoms with E-state index in [-0.39, 0.29) is 39.2 Å². The molecular formula is C17H11Cl2F3N4O3. The van der Waals surface area contributed by atoms with Crippen LogP contribution in [0.4, 0.5) is 24.5 Å². The fraction of sp³-hybridized carbons (Fsp3) is 0.176. The average molecular weight is 447 g/mol. The lowest BCUT2D eigenvalue weighted by molar-refractivity contribution is -0.384. The number of nitrogens with one attached hydrogen (secondary N) is 1. The Morgan fingerprint density at radius 3 is 2.55 bits per heavy atom. The van der Waals surface area contributed by atoms with E-state index in [1.165, 1.54) is 12.1 Å². The second kappa shape index (κ2) is 7.53. The predicted molar refractivity (Wildman–Crippen MR) is 101 cm³/mol. The molecule has 0 unspecified atom stereocenters. The number of carbonyl (C=O) groups excluding carboxylic acids is 1. The van der Waals surface area contributed by atoms with Gasteiger partial charge >= 0.3 is 6.18 Å². The normalized spacial score (nSPS) is 11.7. The Kier molecular flexibility index (Phi) is 5.42. The number of imidazole rings is 1. The number of rotatable bonds is 4. The van der Waals surface area contributed by atoms with Crippen molar-refractivity contribution in [3.05, 3.63) is 67.6 Å². The molecule has 1 amide bonds. The van der Waals surface area contributed by atoms with Crippen LogP contribution in [-0.4, -0.2) is 20.2 Å². The predicted octanol–water partition coefficient (Wildman–Crippen LogP) is 5.38. The highest BCUT2D eigenvalue weighted by Crippen LogP contribution is 2.33. The van der Waals surface area contributed by atoms with Crippen LogP contribution in [0.5, 0.6) is 0 Å². The molecule has 1 N–H and O–H groups in total. The van der Waals surface area contributed by atoms with Crippen molar-refractivity contribution in [3.8, 4) is 0 Å². The van der Waals surface area contributed by atoms with Crippen LogP contribution >= 0.6 is 23.2 Å². The Morgan fingerprint density at radius 1 is 1.28 bits per heavy atom. The molecule has 12 heteroatoms. The summed E-state index contributed by atoms with van der Waals surface area (Å²) in [5.41, 5.74) is -1.39. The highest BCUT2D eigenvalue weighted by molar-refractivity contribution is 6.33. The third-order valence-electron chi connectivity index (χ3n) is 4.03. The van der Waals surface area contributed by atoms with Gasteiger partial charge in [-0.05, 0) is 24.6 Å². The van der Waals surface area contributed by atoms with Gasteiger partial charge in [0.25, 0.3) is 11.6 Å². The number of nitro benzene ring substituents is 1. The lowest BCUT2D eigenvalue weighted by atomic mass is 10.2. The van der Waals surface area contributed by atoms with Crippen LogP contribution in [0, 0.1) is 10.1 Å². The van der Waals surface area contributed by atoms with E-state index in [1.807, 2.05) is 0 Å². The molecule has 0 bridgehead atoms. The lowest BCUT2D eigenvalue weighted by Crippen LogP contribution is -2.17. The molecule has 0 spiro atoms. The number of alkyl halides is 3. The maximum absolute atomic E-state index is 13.2. The summed E-state index contributed by atoms with van der Waals surface area (Å²) in [7, 11) is 0. The quantitative estimate of drug-likeness (QED) is 0.430. The first-order valence-electron chi connectivity index (χ1n) is 8.06. The molecule has 3 aromatic rings. The number of aryl methyl sites for hydroxylation is 1. The molecule has 0 radical (unpaired) electrons. The Hall–Kier alpha value is -2.85. The first kappa shape index (κ1) is 20.9. The number of nitrogens with zero attached hydrogens (tertiary/aromatic N) is 3. The SMILES string of the molecule is CCc1nc2c(Cl)cc(C(F)(F)F)cn2c1C(=O)Nc1ccc(Cl)c([N+](=O)[O-])c1. The number of benzene rings is 1. The minimum Gasteiger partial charge on any atom is -0.320 e. The summed E-state index contributed by atoms with van der Waals surface area (Å²) >= 11 is 11.7. The second-order valence-electron chi connectivity index (χ2n) is 5.91. The monoisotopic (exact) mass is 446 g/mol. The van der Waals surface area contributed by atoms with E-state index in [0.717, 1.165) is 22.7 Å². The zero-order chi connectivity index (χ0) is 21.5. The van der Waals surface area contributed by atoms with Crippen LogP contribution < -0.4 is 5.32 Å². The summed E-state index contributed by atoms with van der Waals surface area (Å²) in [5, 5.41) is 13.0. The number of hydrogen-bond acceptors (Lipinski definition) is 4. The Morgan fingerprint density at radius 2 is 1.97 bits per heavy atom. The summed E-state index contributed by atoms with van der Waals surface area (Å²) in [5.74, 6) is -0.804. The molecule has 0 atom stereocenters. The van der Waals surface area contributed by atoms with Crippen molar-refractivity contribution < 1.29 is 22.9 Å². The van der Waals surface area contributed by atoms with Crippen molar-refractivity contribution in [2.75, 3.05) is 5.32 Å². The van der Waals surface area contributed by atoms with E-state index in [1.54, 1.807) is 6.92 Å². The van der Waals surface area contributed by atoms with Gasteiger partial charge in [-0.15, -0.1) is 0 Å². The van der Waals surface area contributed by atoms with Crippen molar-refractivity contribution in [2.45, 2.75) is 19.5 Å². The summed E-state index contributed by atoms with van der Waals surface area (Å²) in [4.78, 5) is 27.2. The number of carbonyl (C=O) groups is 1. The number of hydrogen-bond donors (Lipinski definition) is 1. The molecule has 0 saturated heterocycles. The lowest BCUT2D eigenvalue weighted by Gasteiger charge is -2.10. The zero-order valence-electron chi connectivity index (χ0n) is 14.6. The molecule has 29 heavy (non-hydrogen) atoms. The maximum atomic E-state index is 13.2. The molecular weight excluding hydrogens is 436 g/mol. The van der Waals surface area contributed by atoms with E-state index in [2.05, 4.69) is 10.3 Å². The van der Waals surface area contributed by atoms with E-state index >= 15 is 0 Å². The van der Waals surface area contributed by atoms with E-state index < -0.39 is 28.3 Å². The highest BCUT2D eigenvalue weighted by atomic mass is 35.5. The van der Waals surface area contributed by atoms with Crippen LogP contribution in [0.2, 0.25) is 10.0 Å². The summed E-state index contributed by atoms with van der Waals surface area (Å²) in [6, 6.07) is 4.33. The van der Waals surface area contributed by atoms with Crippen molar-refractivity contribution >= 4 is 46.1 Å². The van der Waals surface area contributed by atoms with Crippen molar-refractivity contribution in [1.29, 1.82) is 0 Å². The van der Waals surface area contributed by atoms with Crippen LogP contribution in [-0.2, 0) is 12.6 Å². The van der Waals surface area contributed by atoms with Crippen molar-refractivity contribution in [3.63, 3.8) is 0 Å². The van der Waals surface area contributed by atoms with E-state index in [4.69, 9.17) is 23.2 Å². The molecule has 2 aromatic heterocycles. The van der Waals surface area contributed by atoms with Crippen LogP contribution in [0.15, 0.2) is 30.5 Å². The molecule has 2 heterocycles. The van der Waals surface area contributed by atoms with Gasteiger partial charge < -0.3 is 5.32 Å². The summed E-state index contributed by atoms with van der Waals surface area (Å²) in [6.07, 6.45) is -3.71. The van der Waals surface area contributed by atoms with Gasteiger partial charge in [-0.3, -0.25) is 19.3 Å². The van der Waals surface area contributed by atoms with E-state index in [0.29, 0.717) is 0 Å². The van der Waals surface area contributed by atoms with Crippen molar-refractivity contribution in [1.82, 2.24) is 9.38 Å². The first-order chi connectivity index (χ1) is 13.5. The number of nitro groups is 1. The molecule has 1 aromatic carbocycles. The fourth-order valence-electron chi connectivity index (χ4n) is 2.71. The molecule has 0 aliphatic carbocycles. The average Bonchev–Trinajstić information content (AvgIpc) is 3.01. The highest BCUT2D eigenvalue weighted by Gasteiger charge is 2.33. The van der Waals surface area contributed by atoms with Gasteiger partial charge in [0.1, 0.15) is 10.7 Å². The van der Waals surface area contributed by atoms with Gasteiger partial charge in [0.15, 0.2) is 5.65 Å². The number of aromatic nitrogens is 2. The number of halogens is 5. The summed E-state index contributed by atoms with van der Waals surface area (Å²) < 4.78 is 40.4. The Bertz CT molecular complexity index is 1150. The molecule has 7 nitrogen and oxygen atoms in total.